The highest BCUT2D eigenvalue weighted by molar-refractivity contribution is 7.92. The van der Waals surface area contributed by atoms with Gasteiger partial charge >= 0.3 is 0 Å². The Morgan fingerprint density at radius 3 is 2.07 bits per heavy atom. The first-order valence-electron chi connectivity index (χ1n) is 9.22. The number of hydrogen-bond acceptors (Lipinski definition) is 4. The van der Waals surface area contributed by atoms with Crippen molar-refractivity contribution in [2.45, 2.75) is 25.3 Å². The van der Waals surface area contributed by atoms with Crippen LogP contribution in [0.25, 0.3) is 0 Å². The van der Waals surface area contributed by atoms with E-state index in [1.807, 2.05) is 44.2 Å². The molecular formula is C23H25NO4S. The van der Waals surface area contributed by atoms with E-state index in [4.69, 9.17) is 9.47 Å². The standard InChI is InChI=1S/C23H25NO4S/c1-17-7-5-9-19(13-17)16-24(20-11-12-22(27-3)23(15-20)28-4)29(25,26)21-10-6-8-18(2)14-21/h5-15H,16H2,1-4H3. The molecule has 5 nitrogen and oxygen atoms in total. The van der Waals surface area contributed by atoms with E-state index in [1.165, 1.54) is 11.4 Å². The second-order valence-corrected chi connectivity index (χ2v) is 8.72. The SMILES string of the molecule is COc1ccc(N(Cc2cccc(C)c2)S(=O)(=O)c2cccc(C)c2)cc1OC. The molecule has 3 aromatic rings. The first kappa shape index (κ1) is 20.7. The summed E-state index contributed by atoms with van der Waals surface area (Å²) in [7, 11) is -0.719. The van der Waals surface area contributed by atoms with E-state index in [-0.39, 0.29) is 11.4 Å². The van der Waals surface area contributed by atoms with Crippen molar-refractivity contribution in [3.8, 4) is 11.5 Å². The third-order valence-electron chi connectivity index (χ3n) is 4.64. The summed E-state index contributed by atoms with van der Waals surface area (Å²) in [6.07, 6.45) is 0. The fourth-order valence-electron chi connectivity index (χ4n) is 3.17. The van der Waals surface area contributed by atoms with E-state index in [0.29, 0.717) is 17.2 Å². The van der Waals surface area contributed by atoms with E-state index in [2.05, 4.69) is 0 Å². The number of benzene rings is 3. The number of ether oxygens (including phenoxy) is 2. The Hall–Kier alpha value is -2.99. The summed E-state index contributed by atoms with van der Waals surface area (Å²) in [6.45, 7) is 4.06. The maximum absolute atomic E-state index is 13.6. The van der Waals surface area contributed by atoms with Gasteiger partial charge in [-0.25, -0.2) is 8.42 Å². The molecule has 6 heteroatoms. The monoisotopic (exact) mass is 411 g/mol. The largest absolute Gasteiger partial charge is 0.493 e. The van der Waals surface area contributed by atoms with Crippen molar-refractivity contribution in [1.82, 2.24) is 0 Å². The number of anilines is 1. The van der Waals surface area contributed by atoms with Crippen molar-refractivity contribution in [2.24, 2.45) is 0 Å². The number of methoxy groups -OCH3 is 2. The molecule has 0 saturated carbocycles. The zero-order valence-electron chi connectivity index (χ0n) is 17.0. The summed E-state index contributed by atoms with van der Waals surface area (Å²) in [4.78, 5) is 0.250. The van der Waals surface area contributed by atoms with Gasteiger partial charge in [0.2, 0.25) is 0 Å². The highest BCUT2D eigenvalue weighted by Crippen LogP contribution is 2.34. The van der Waals surface area contributed by atoms with Crippen molar-refractivity contribution in [2.75, 3.05) is 18.5 Å². The predicted octanol–water partition coefficient (Wildman–Crippen LogP) is 4.72. The summed E-state index contributed by atoms with van der Waals surface area (Å²) < 4.78 is 39.3. The van der Waals surface area contributed by atoms with Crippen LogP contribution < -0.4 is 13.8 Å². The molecule has 0 saturated heterocycles. The lowest BCUT2D eigenvalue weighted by Gasteiger charge is -2.26. The second-order valence-electron chi connectivity index (χ2n) is 6.86. The smallest absolute Gasteiger partial charge is 0.264 e. The van der Waals surface area contributed by atoms with Crippen LogP contribution in [0.1, 0.15) is 16.7 Å². The average Bonchev–Trinajstić information content (AvgIpc) is 2.71. The van der Waals surface area contributed by atoms with Gasteiger partial charge in [0, 0.05) is 6.07 Å². The van der Waals surface area contributed by atoms with Gasteiger partial charge in [0.25, 0.3) is 10.0 Å². The van der Waals surface area contributed by atoms with Crippen LogP contribution in [-0.2, 0) is 16.6 Å². The molecule has 0 aromatic heterocycles. The van der Waals surface area contributed by atoms with Gasteiger partial charge in [-0.15, -0.1) is 0 Å². The third kappa shape index (κ3) is 4.54. The first-order valence-corrected chi connectivity index (χ1v) is 10.7. The number of hydrogen-bond donors (Lipinski definition) is 0. The van der Waals surface area contributed by atoms with Gasteiger partial charge in [-0.05, 0) is 49.2 Å². The molecule has 0 aliphatic carbocycles. The topological polar surface area (TPSA) is 55.8 Å². The molecule has 0 atom stereocenters. The van der Waals surface area contributed by atoms with Crippen molar-refractivity contribution in [3.63, 3.8) is 0 Å². The minimum atomic E-state index is -3.80. The molecule has 0 aliphatic heterocycles. The molecule has 0 heterocycles. The van der Waals surface area contributed by atoms with Gasteiger partial charge < -0.3 is 9.47 Å². The zero-order valence-corrected chi connectivity index (χ0v) is 17.9. The van der Waals surface area contributed by atoms with E-state index < -0.39 is 10.0 Å². The lowest BCUT2D eigenvalue weighted by molar-refractivity contribution is 0.355. The second kappa shape index (κ2) is 8.57. The predicted molar refractivity (Wildman–Crippen MR) is 115 cm³/mol. The number of sulfonamides is 1. The highest BCUT2D eigenvalue weighted by Gasteiger charge is 2.26. The van der Waals surface area contributed by atoms with Crippen LogP contribution in [0, 0.1) is 13.8 Å². The fraction of sp³-hybridized carbons (Fsp3) is 0.217. The molecule has 0 unspecified atom stereocenters. The Morgan fingerprint density at radius 1 is 0.793 bits per heavy atom. The zero-order chi connectivity index (χ0) is 21.0. The van der Waals surface area contributed by atoms with Crippen LogP contribution in [0.15, 0.2) is 71.6 Å². The highest BCUT2D eigenvalue weighted by atomic mass is 32.2. The Balaban J connectivity index is 2.14. The Morgan fingerprint density at radius 2 is 1.45 bits per heavy atom. The fourth-order valence-corrected chi connectivity index (χ4v) is 4.72. The summed E-state index contributed by atoms with van der Waals surface area (Å²) >= 11 is 0. The number of nitrogens with zero attached hydrogens (tertiary/aromatic N) is 1. The minimum absolute atomic E-state index is 0.202. The molecule has 0 spiro atoms. The molecule has 0 amide bonds. The molecule has 3 rings (SSSR count). The van der Waals surface area contributed by atoms with Gasteiger partial charge in [-0.1, -0.05) is 42.0 Å². The van der Waals surface area contributed by atoms with Gasteiger partial charge in [0.05, 0.1) is 31.3 Å². The molecule has 29 heavy (non-hydrogen) atoms. The van der Waals surface area contributed by atoms with Crippen molar-refractivity contribution >= 4 is 15.7 Å². The van der Waals surface area contributed by atoms with E-state index >= 15 is 0 Å². The average molecular weight is 412 g/mol. The molecule has 152 valence electrons. The maximum Gasteiger partial charge on any atom is 0.264 e. The van der Waals surface area contributed by atoms with Crippen LogP contribution in [0.3, 0.4) is 0 Å². The summed E-state index contributed by atoms with van der Waals surface area (Å²) in [5, 5.41) is 0. The maximum atomic E-state index is 13.6. The molecule has 0 N–H and O–H groups in total. The van der Waals surface area contributed by atoms with Crippen molar-refractivity contribution in [1.29, 1.82) is 0 Å². The molecule has 0 aliphatic rings. The Bertz CT molecular complexity index is 1110. The first-order chi connectivity index (χ1) is 13.8. The van der Waals surface area contributed by atoms with E-state index in [0.717, 1.165) is 16.7 Å². The lowest BCUT2D eigenvalue weighted by atomic mass is 10.1. The molecule has 0 fully saturated rings. The summed E-state index contributed by atoms with van der Waals surface area (Å²) in [6, 6.07) is 19.9. The molecule has 0 bridgehead atoms. The minimum Gasteiger partial charge on any atom is -0.493 e. The number of rotatable bonds is 7. The summed E-state index contributed by atoms with van der Waals surface area (Å²) in [5.74, 6) is 1.01. The third-order valence-corrected chi connectivity index (χ3v) is 6.41. The van der Waals surface area contributed by atoms with Crippen LogP contribution in [-0.4, -0.2) is 22.6 Å². The Labute approximate surface area is 172 Å². The molecule has 0 radical (unpaired) electrons. The van der Waals surface area contributed by atoms with Gasteiger partial charge in [-0.2, -0.15) is 0 Å². The van der Waals surface area contributed by atoms with E-state index in [1.54, 1.807) is 43.5 Å². The Kier molecular flexibility index (Phi) is 6.13. The van der Waals surface area contributed by atoms with Crippen LogP contribution in [0.4, 0.5) is 5.69 Å². The van der Waals surface area contributed by atoms with Crippen molar-refractivity contribution < 1.29 is 17.9 Å². The van der Waals surface area contributed by atoms with Gasteiger partial charge in [0.1, 0.15) is 0 Å². The molecular weight excluding hydrogens is 386 g/mol. The van der Waals surface area contributed by atoms with E-state index in [9.17, 15) is 8.42 Å². The molecule has 3 aromatic carbocycles. The van der Waals surface area contributed by atoms with Crippen LogP contribution in [0.5, 0.6) is 11.5 Å². The normalized spacial score (nSPS) is 11.2. The summed E-state index contributed by atoms with van der Waals surface area (Å²) in [5.41, 5.74) is 3.36. The number of aryl methyl sites for hydroxylation is 2. The van der Waals surface area contributed by atoms with Crippen LogP contribution in [0.2, 0.25) is 0 Å². The van der Waals surface area contributed by atoms with Gasteiger partial charge in [-0.3, -0.25) is 4.31 Å². The lowest BCUT2D eigenvalue weighted by Crippen LogP contribution is -2.30. The van der Waals surface area contributed by atoms with Crippen LogP contribution >= 0.6 is 0 Å². The quantitative estimate of drug-likeness (QED) is 0.565. The van der Waals surface area contributed by atoms with Crippen molar-refractivity contribution in [3.05, 3.63) is 83.4 Å². The van der Waals surface area contributed by atoms with Gasteiger partial charge in [0.15, 0.2) is 11.5 Å².